The Hall–Kier alpha value is -4.15. The molecule has 1 saturated carbocycles. The lowest BCUT2D eigenvalue weighted by Gasteiger charge is -2.42. The highest BCUT2D eigenvalue weighted by molar-refractivity contribution is 6.39. The number of hydrogen-bond acceptors (Lipinski definition) is 13. The summed E-state index contributed by atoms with van der Waals surface area (Å²) in [5.41, 5.74) is 2.55. The van der Waals surface area contributed by atoms with Gasteiger partial charge in [0.05, 0.1) is 24.4 Å². The minimum absolute atomic E-state index is 0.0190. The molecule has 3 heterocycles. The molecule has 0 radical (unpaired) electrons. The molecular formula is C60H89NO13. The molecule has 2 saturated heterocycles. The minimum Gasteiger partial charge on any atom is -0.460 e. The summed E-state index contributed by atoms with van der Waals surface area (Å²) < 4.78 is 36.4. The number of aryl methyl sites for hydroxylation is 1. The lowest BCUT2D eigenvalue weighted by molar-refractivity contribution is -0.265. The third-order valence-electron chi connectivity index (χ3n) is 16.2. The number of fused-ring (bicyclic) bond motifs is 3. The third-order valence-corrected chi connectivity index (χ3v) is 16.2. The Labute approximate surface area is 441 Å². The van der Waals surface area contributed by atoms with Crippen LogP contribution in [0.15, 0.2) is 77.9 Å². The summed E-state index contributed by atoms with van der Waals surface area (Å²) in [5, 5.41) is 23.6. The van der Waals surface area contributed by atoms with Crippen molar-refractivity contribution in [3.63, 3.8) is 0 Å². The molecule has 1 aromatic rings. The van der Waals surface area contributed by atoms with Crippen LogP contribution in [0.3, 0.4) is 0 Å². The van der Waals surface area contributed by atoms with E-state index >= 15 is 0 Å². The van der Waals surface area contributed by atoms with E-state index in [2.05, 4.69) is 12.1 Å². The molecule has 2 unspecified atom stereocenters. The fraction of sp³-hybridized carbons (Fsp3) is 0.683. The highest BCUT2D eigenvalue weighted by Crippen LogP contribution is 2.38. The molecule has 0 aromatic heterocycles. The second-order valence-electron chi connectivity index (χ2n) is 22.0. The van der Waals surface area contributed by atoms with E-state index < -0.39 is 77.8 Å². The zero-order valence-electron chi connectivity index (χ0n) is 46.1. The van der Waals surface area contributed by atoms with Crippen LogP contribution in [0.5, 0.6) is 0 Å². The number of aliphatic hydroxyl groups is 2. The second-order valence-corrected chi connectivity index (χ2v) is 22.0. The number of rotatable bonds is 11. The minimum atomic E-state index is -2.43. The zero-order chi connectivity index (χ0) is 54.1. The van der Waals surface area contributed by atoms with Crippen molar-refractivity contribution in [2.75, 3.05) is 34.5 Å². The number of aliphatic hydroxyl groups excluding tert-OH is 1. The van der Waals surface area contributed by atoms with Crippen LogP contribution in [0.2, 0.25) is 0 Å². The van der Waals surface area contributed by atoms with Crippen LogP contribution >= 0.6 is 0 Å². The Morgan fingerprint density at radius 1 is 0.824 bits per heavy atom. The smallest absolute Gasteiger partial charge is 0.329 e. The van der Waals surface area contributed by atoms with Gasteiger partial charge in [-0.15, -0.1) is 0 Å². The van der Waals surface area contributed by atoms with Crippen molar-refractivity contribution in [3.05, 3.63) is 83.5 Å². The van der Waals surface area contributed by atoms with E-state index in [-0.39, 0.29) is 60.9 Å². The molecule has 2 N–H and O–H groups in total. The lowest BCUT2D eigenvalue weighted by atomic mass is 9.78. The molecule has 14 heteroatoms. The Bertz CT molecular complexity index is 2120. The van der Waals surface area contributed by atoms with Crippen LogP contribution in [0.25, 0.3) is 0 Å². The third kappa shape index (κ3) is 16.7. The van der Waals surface area contributed by atoms with Crippen molar-refractivity contribution in [3.8, 4) is 0 Å². The summed E-state index contributed by atoms with van der Waals surface area (Å²) in [4.78, 5) is 72.7. The van der Waals surface area contributed by atoms with Gasteiger partial charge in [-0.3, -0.25) is 19.2 Å². The van der Waals surface area contributed by atoms with Gasteiger partial charge in [0.2, 0.25) is 5.79 Å². The maximum Gasteiger partial charge on any atom is 0.329 e. The van der Waals surface area contributed by atoms with E-state index in [1.54, 1.807) is 41.1 Å². The first-order chi connectivity index (χ1) is 35.3. The number of benzene rings is 1. The maximum atomic E-state index is 14.6. The summed E-state index contributed by atoms with van der Waals surface area (Å²) in [6.07, 6.45) is 14.4. The van der Waals surface area contributed by atoms with Gasteiger partial charge in [0, 0.05) is 65.1 Å². The van der Waals surface area contributed by atoms with Gasteiger partial charge in [0.15, 0.2) is 5.78 Å². The van der Waals surface area contributed by atoms with Crippen LogP contribution in [0, 0.1) is 35.5 Å². The first kappa shape index (κ1) is 60.7. The molecule has 4 aliphatic rings. The van der Waals surface area contributed by atoms with Crippen LogP contribution in [0.1, 0.15) is 138 Å². The molecule has 1 amide bonds. The Kier molecular flexibility index (Phi) is 24.1. The molecule has 412 valence electrons. The number of allylic oxidation sites excluding steroid dienone is 6. The molecule has 1 aromatic carbocycles. The number of methoxy groups -OCH3 is 3. The van der Waals surface area contributed by atoms with E-state index in [1.807, 2.05) is 76.3 Å². The fourth-order valence-electron chi connectivity index (χ4n) is 11.4. The average molecular weight is 1030 g/mol. The molecule has 5 rings (SSSR count). The normalized spacial score (nSPS) is 36.9. The Morgan fingerprint density at radius 2 is 1.57 bits per heavy atom. The quantitative estimate of drug-likeness (QED) is 0.0929. The number of cyclic esters (lactones) is 1. The van der Waals surface area contributed by atoms with Crippen molar-refractivity contribution in [2.45, 2.75) is 193 Å². The maximum absolute atomic E-state index is 14.6. The van der Waals surface area contributed by atoms with Gasteiger partial charge in [-0.2, -0.15) is 0 Å². The van der Waals surface area contributed by atoms with Crippen molar-refractivity contribution < 1.29 is 62.6 Å². The van der Waals surface area contributed by atoms with Crippen molar-refractivity contribution >= 4 is 29.2 Å². The topological polar surface area (TPSA) is 184 Å². The van der Waals surface area contributed by atoms with Crippen LogP contribution in [-0.4, -0.2) is 133 Å². The molecule has 3 aliphatic heterocycles. The second kappa shape index (κ2) is 29.4. The van der Waals surface area contributed by atoms with E-state index in [0.29, 0.717) is 57.1 Å². The number of hydrogen-bond donors (Lipinski definition) is 2. The SMILES string of the molecule is CO[C@H]1CC2CC[C@@H](C)[C@@](O)(O2)C(=O)C(=O)N2CCCC[C@H]2C(=O)OC([C@H](C)C[C@@H]2CC[C@@H](OCCCc3ccccc3)[C@H](OC)C2)CC(=O)[C@H](C)/C=C(\C)[C@@H](O)[C@@H](OC)C(=O)[C@H](C)C[C@H](C)/C=C/C=C/C=C/1C. The first-order valence-corrected chi connectivity index (χ1v) is 27.5. The Balaban J connectivity index is 1.41. The van der Waals surface area contributed by atoms with Crippen LogP contribution < -0.4 is 0 Å². The Morgan fingerprint density at radius 3 is 2.27 bits per heavy atom. The summed E-state index contributed by atoms with van der Waals surface area (Å²) in [5.74, 6) is -7.80. The number of carbonyl (C=O) groups excluding carboxylic acids is 5. The predicted molar refractivity (Wildman–Crippen MR) is 284 cm³/mol. The highest BCUT2D eigenvalue weighted by Gasteiger charge is 2.53. The molecule has 14 nitrogen and oxygen atoms in total. The van der Waals surface area contributed by atoms with E-state index in [0.717, 1.165) is 37.7 Å². The van der Waals surface area contributed by atoms with E-state index in [1.165, 1.54) is 17.6 Å². The highest BCUT2D eigenvalue weighted by atomic mass is 16.6. The molecular weight excluding hydrogens is 943 g/mol. The summed E-state index contributed by atoms with van der Waals surface area (Å²) >= 11 is 0. The van der Waals surface area contributed by atoms with Crippen molar-refractivity contribution in [1.82, 2.24) is 4.90 Å². The molecule has 74 heavy (non-hydrogen) atoms. The molecule has 2 bridgehead atoms. The van der Waals surface area contributed by atoms with Gasteiger partial charge in [-0.05, 0) is 125 Å². The van der Waals surface area contributed by atoms with Crippen molar-refractivity contribution in [1.29, 1.82) is 0 Å². The fourth-order valence-corrected chi connectivity index (χ4v) is 11.4. The lowest BCUT2D eigenvalue weighted by Crippen LogP contribution is -2.61. The van der Waals surface area contributed by atoms with E-state index in [4.69, 9.17) is 28.4 Å². The predicted octanol–water partition coefficient (Wildman–Crippen LogP) is 8.84. The molecule has 0 spiro atoms. The number of ketones is 3. The number of nitrogens with zero attached hydrogens (tertiary/aromatic N) is 1. The van der Waals surface area contributed by atoms with Gasteiger partial charge in [-0.1, -0.05) is 101 Å². The summed E-state index contributed by atoms with van der Waals surface area (Å²) in [6.45, 7) is 13.5. The standard InChI is InChI=1S/C60H89NO13/c1-38-20-13-11-14-21-39(2)51(69-8)36-47-28-26-44(7)60(68,74-47)57(65)58(66)61-30-18-17-25-48(61)59(67)73-52(37-49(62)40(3)33-43(6)55(64)56(71-10)54(63)42(5)32-38)41(4)34-46-27-29-50(53(35-46)70-9)72-31-19-24-45-22-15-12-16-23-45/h11-16,20-23,33,38,40-42,44,46-48,50-53,55-56,64,68H,17-19,24-32,34-37H2,1-10H3/b14-11+,20-13+,39-21+,43-33+/t38-,40-,41-,42-,44-,46+,47?,48+,50-,51+,52?,53-,55-,56+,60-/m1/s1. The largest absolute Gasteiger partial charge is 0.460 e. The number of carbonyl (C=O) groups is 5. The van der Waals surface area contributed by atoms with Gasteiger partial charge in [0.1, 0.15) is 30.1 Å². The zero-order valence-corrected chi connectivity index (χ0v) is 46.1. The number of esters is 1. The van der Waals surface area contributed by atoms with Gasteiger partial charge < -0.3 is 43.5 Å². The molecule has 15 atom stereocenters. The van der Waals surface area contributed by atoms with Gasteiger partial charge in [0.25, 0.3) is 11.7 Å². The summed E-state index contributed by atoms with van der Waals surface area (Å²) in [6, 6.07) is 9.19. The van der Waals surface area contributed by atoms with Crippen LogP contribution in [-0.2, 0) is 58.8 Å². The van der Waals surface area contributed by atoms with E-state index in [9.17, 15) is 34.2 Å². The monoisotopic (exact) mass is 1030 g/mol. The number of piperidine rings is 1. The van der Waals surface area contributed by atoms with Gasteiger partial charge >= 0.3 is 5.97 Å². The summed E-state index contributed by atoms with van der Waals surface area (Å²) in [7, 11) is 4.68. The number of ether oxygens (including phenoxy) is 6. The van der Waals surface area contributed by atoms with Crippen molar-refractivity contribution in [2.24, 2.45) is 35.5 Å². The number of amides is 1. The van der Waals surface area contributed by atoms with Gasteiger partial charge in [-0.25, -0.2) is 4.79 Å². The molecule has 3 fully saturated rings. The first-order valence-electron chi connectivity index (χ1n) is 27.5. The number of Topliss-reactive ketones (excluding diaryl/α,β-unsaturated/α-hetero) is 3. The average Bonchev–Trinajstić information content (AvgIpc) is 3.39. The van der Waals surface area contributed by atoms with Crippen LogP contribution in [0.4, 0.5) is 0 Å². The molecule has 1 aliphatic carbocycles.